The Morgan fingerprint density at radius 1 is 0.887 bits per heavy atom. The number of aliphatic hydroxyl groups excluding tert-OH is 1. The molecule has 4 heteroatoms. The molecule has 1 heterocycles. The average Bonchev–Trinajstić information content (AvgIpc) is 3.02. The first kappa shape index (κ1) is 42.9. The number of hydrogen-bond acceptors (Lipinski definition) is 3. The Hall–Kier alpha value is -2.81. The van der Waals surface area contributed by atoms with Crippen LogP contribution in [-0.4, -0.2) is 15.9 Å². The zero-order valence-corrected chi connectivity index (χ0v) is 37.4. The van der Waals surface area contributed by atoms with Crippen LogP contribution in [0, 0.1) is 48.0 Å². The molecule has 2 fully saturated rings. The van der Waals surface area contributed by atoms with E-state index in [-0.39, 0.29) is 48.9 Å². The van der Waals surface area contributed by atoms with Crippen molar-refractivity contribution in [2.24, 2.45) is 28.1 Å². The molecule has 0 saturated heterocycles. The van der Waals surface area contributed by atoms with Crippen molar-refractivity contribution in [2.45, 2.75) is 146 Å². The summed E-state index contributed by atoms with van der Waals surface area (Å²) in [6.07, 6.45) is 10.7. The van der Waals surface area contributed by atoms with Crippen molar-refractivity contribution in [3.8, 4) is 11.3 Å². The number of benzene rings is 3. The summed E-state index contributed by atoms with van der Waals surface area (Å²) < 4.78 is 0. The number of aryl methyl sites for hydroxylation is 2. The molecular weight excluding hydrogens is 827 g/mol. The SMILES string of the molecule is CC(C)C(=O)/C=C(\O)C(C)C.Cc1cc(C)c2c(C3CCC4(CC3)CC(C)(C)CC(C)(C)C4)cc(-c3[c-]c4ccccc4c(C(C)(C)C)c3)nc2c1.[Ir]. The van der Waals surface area contributed by atoms with Crippen LogP contribution in [0.2, 0.25) is 0 Å². The fourth-order valence-electron chi connectivity index (χ4n) is 10.1. The number of allylic oxidation sites excluding steroid dienone is 2. The van der Waals surface area contributed by atoms with Crippen molar-refractivity contribution in [3.63, 3.8) is 0 Å². The summed E-state index contributed by atoms with van der Waals surface area (Å²) in [5, 5.41) is 13.1. The average molecular weight is 893 g/mol. The van der Waals surface area contributed by atoms with Crippen molar-refractivity contribution in [3.05, 3.63) is 88.7 Å². The van der Waals surface area contributed by atoms with Crippen molar-refractivity contribution >= 4 is 27.5 Å². The smallest absolute Gasteiger partial charge is 0.161 e. The molecule has 0 atom stereocenters. The minimum Gasteiger partial charge on any atom is -0.512 e. The molecule has 2 aliphatic carbocycles. The Morgan fingerprint density at radius 2 is 1.49 bits per heavy atom. The number of carbonyl (C=O) groups excluding carboxylic acids is 1. The first-order valence-electron chi connectivity index (χ1n) is 19.9. The number of fused-ring (bicyclic) bond motifs is 2. The van der Waals surface area contributed by atoms with Crippen LogP contribution in [0.4, 0.5) is 0 Å². The van der Waals surface area contributed by atoms with E-state index in [2.05, 4.69) is 117 Å². The fourth-order valence-corrected chi connectivity index (χ4v) is 10.1. The second-order valence-corrected chi connectivity index (χ2v) is 19.9. The van der Waals surface area contributed by atoms with Crippen molar-refractivity contribution in [1.29, 1.82) is 0 Å². The Balaban J connectivity index is 0.000000456. The van der Waals surface area contributed by atoms with Gasteiger partial charge >= 0.3 is 0 Å². The van der Waals surface area contributed by atoms with Gasteiger partial charge in [-0.1, -0.05) is 117 Å². The molecule has 3 aromatic carbocycles. The van der Waals surface area contributed by atoms with E-state index in [1.165, 1.54) is 89.4 Å². The number of carbonyl (C=O) groups is 1. The van der Waals surface area contributed by atoms with Crippen LogP contribution < -0.4 is 0 Å². The van der Waals surface area contributed by atoms with Gasteiger partial charge in [0.2, 0.25) is 0 Å². The summed E-state index contributed by atoms with van der Waals surface area (Å²) in [6, 6.07) is 22.0. The van der Waals surface area contributed by atoms with E-state index in [0.717, 1.165) is 16.8 Å². The standard InChI is InChI=1S/C40H50N.C9H16O2.Ir/c1-26-18-27(2)36-32(28-14-16-40(17-15-28)24-38(6,7)23-39(8,9)25-40)22-34(41-35(36)19-26)30-20-29-12-10-11-13-31(29)33(21-30)37(3,4)5;1-6(2)8(10)5-9(11)7(3)4;/h10-13,18-19,21-22,28H,14-17,23-25H2,1-9H3;5-7,10H,1-4H3;/q-1;;/b;8-5-;. The second kappa shape index (κ2) is 16.1. The second-order valence-electron chi connectivity index (χ2n) is 19.9. The van der Waals surface area contributed by atoms with Gasteiger partial charge in [0.1, 0.15) is 0 Å². The van der Waals surface area contributed by atoms with Crippen LogP contribution in [0.3, 0.4) is 0 Å². The predicted molar refractivity (Wildman–Crippen MR) is 222 cm³/mol. The number of ketones is 1. The summed E-state index contributed by atoms with van der Waals surface area (Å²) in [5.74, 6) is 0.746. The monoisotopic (exact) mass is 893 g/mol. The topological polar surface area (TPSA) is 50.2 Å². The van der Waals surface area contributed by atoms with Crippen LogP contribution in [0.5, 0.6) is 0 Å². The van der Waals surface area contributed by atoms with Gasteiger partial charge in [-0.3, -0.25) is 9.78 Å². The number of hydrogen-bond donors (Lipinski definition) is 1. The van der Waals surface area contributed by atoms with Crippen LogP contribution in [-0.2, 0) is 30.3 Å². The Morgan fingerprint density at radius 3 is 2.06 bits per heavy atom. The molecule has 1 aromatic heterocycles. The van der Waals surface area contributed by atoms with Gasteiger partial charge in [0.25, 0.3) is 0 Å². The van der Waals surface area contributed by atoms with E-state index >= 15 is 0 Å². The van der Waals surface area contributed by atoms with Crippen molar-refractivity contribution < 1.29 is 30.0 Å². The molecule has 53 heavy (non-hydrogen) atoms. The van der Waals surface area contributed by atoms with E-state index in [0.29, 0.717) is 22.2 Å². The van der Waals surface area contributed by atoms with Gasteiger partial charge < -0.3 is 5.11 Å². The minimum absolute atomic E-state index is 0. The molecule has 0 amide bonds. The van der Waals surface area contributed by atoms with Crippen LogP contribution in [0.15, 0.2) is 60.4 Å². The first-order valence-corrected chi connectivity index (χ1v) is 19.9. The maximum atomic E-state index is 11.0. The van der Waals surface area contributed by atoms with Crippen molar-refractivity contribution in [1.82, 2.24) is 4.98 Å². The van der Waals surface area contributed by atoms with Crippen LogP contribution >= 0.6 is 0 Å². The van der Waals surface area contributed by atoms with Crippen LogP contribution in [0.1, 0.15) is 149 Å². The van der Waals surface area contributed by atoms with E-state index in [1.54, 1.807) is 0 Å². The van der Waals surface area contributed by atoms with E-state index in [4.69, 9.17) is 4.98 Å². The number of pyridine rings is 1. The number of aromatic nitrogens is 1. The van der Waals surface area contributed by atoms with Crippen LogP contribution in [0.25, 0.3) is 32.9 Å². The summed E-state index contributed by atoms with van der Waals surface area (Å²) in [5.41, 5.74) is 10.3. The first-order chi connectivity index (χ1) is 24.1. The van der Waals surface area contributed by atoms with Gasteiger partial charge in [-0.15, -0.1) is 29.1 Å². The molecule has 2 aliphatic rings. The zero-order chi connectivity index (χ0) is 38.4. The largest absolute Gasteiger partial charge is 0.512 e. The third kappa shape index (κ3) is 10.1. The minimum atomic E-state index is -0.0316. The number of rotatable bonds is 5. The summed E-state index contributed by atoms with van der Waals surface area (Å²) >= 11 is 0. The summed E-state index contributed by atoms with van der Waals surface area (Å²) in [6.45, 7) is 28.8. The number of aliphatic hydroxyl groups is 1. The molecule has 0 bridgehead atoms. The van der Waals surface area contributed by atoms with Gasteiger partial charge in [0.15, 0.2) is 5.78 Å². The molecule has 2 saturated carbocycles. The Labute approximate surface area is 335 Å². The molecule has 0 unspecified atom stereocenters. The molecule has 1 spiro atoms. The molecule has 3 nitrogen and oxygen atoms in total. The van der Waals surface area contributed by atoms with Crippen molar-refractivity contribution in [2.75, 3.05) is 0 Å². The molecule has 0 aliphatic heterocycles. The summed E-state index contributed by atoms with van der Waals surface area (Å²) in [4.78, 5) is 16.4. The van der Waals surface area contributed by atoms with E-state index in [9.17, 15) is 9.90 Å². The molecule has 289 valence electrons. The van der Waals surface area contributed by atoms with E-state index in [1.807, 2.05) is 27.7 Å². The Bertz CT molecular complexity index is 1950. The molecule has 1 radical (unpaired) electrons. The predicted octanol–water partition coefficient (Wildman–Crippen LogP) is 14.0. The molecular formula is C49H66IrNO2-. The van der Waals surface area contributed by atoms with Gasteiger partial charge in [-0.2, -0.15) is 0 Å². The van der Waals surface area contributed by atoms with Gasteiger partial charge in [0.05, 0.1) is 11.3 Å². The zero-order valence-electron chi connectivity index (χ0n) is 35.0. The fraction of sp³-hybridized carbons (Fsp3) is 0.551. The number of nitrogens with zero attached hydrogens (tertiary/aromatic N) is 1. The van der Waals surface area contributed by atoms with Gasteiger partial charge in [0, 0.05) is 49.1 Å². The maximum Gasteiger partial charge on any atom is 0.161 e. The molecule has 6 rings (SSSR count). The molecule has 1 N–H and O–H groups in total. The van der Waals surface area contributed by atoms with Gasteiger partial charge in [-0.05, 0) is 109 Å². The maximum absolute atomic E-state index is 11.0. The molecule has 4 aromatic rings. The summed E-state index contributed by atoms with van der Waals surface area (Å²) in [7, 11) is 0. The third-order valence-electron chi connectivity index (χ3n) is 11.7. The van der Waals surface area contributed by atoms with E-state index < -0.39 is 0 Å². The third-order valence-corrected chi connectivity index (χ3v) is 11.7. The van der Waals surface area contributed by atoms with Gasteiger partial charge in [-0.25, -0.2) is 0 Å². The normalized spacial score (nSPS) is 18.6. The quantitative estimate of drug-likeness (QED) is 0.123. The Kier molecular flexibility index (Phi) is 13.1.